The highest BCUT2D eigenvalue weighted by atomic mass is 16.2. The third-order valence-corrected chi connectivity index (χ3v) is 4.20. The number of nitrogens with one attached hydrogen (secondary N) is 4. The van der Waals surface area contributed by atoms with E-state index in [2.05, 4.69) is 20.9 Å². The number of hydrogen-bond acceptors (Lipinski definition) is 2. The van der Waals surface area contributed by atoms with Crippen LogP contribution in [0.4, 0.5) is 16.2 Å². The van der Waals surface area contributed by atoms with E-state index in [1.165, 1.54) is 0 Å². The number of aryl methyl sites for hydroxylation is 2. The molecule has 0 radical (unpaired) electrons. The average molecular weight is 336 g/mol. The summed E-state index contributed by atoms with van der Waals surface area (Å²) in [6.07, 6.45) is 0. The standard InChI is InChI=1S/C19H20N4O2/c1-11-12(2)21-17-9-4-13(10-16(11)17)18(24)22-14-5-7-15(8-6-14)23-19(25)20-3/h4-10,21H,1-3H3,(H,22,24)(H2,20,23,25). The molecule has 1 aromatic heterocycles. The summed E-state index contributed by atoms with van der Waals surface area (Å²) in [6, 6.07) is 12.3. The van der Waals surface area contributed by atoms with Crippen molar-refractivity contribution in [2.45, 2.75) is 13.8 Å². The fraction of sp³-hybridized carbons (Fsp3) is 0.158. The number of hydrogen-bond donors (Lipinski definition) is 4. The number of carbonyl (C=O) groups is 2. The third-order valence-electron chi connectivity index (χ3n) is 4.20. The fourth-order valence-electron chi connectivity index (χ4n) is 2.64. The number of H-pyrrole nitrogens is 1. The van der Waals surface area contributed by atoms with Crippen molar-refractivity contribution in [1.29, 1.82) is 0 Å². The molecule has 0 aliphatic rings. The van der Waals surface area contributed by atoms with Gasteiger partial charge in [-0.25, -0.2) is 4.79 Å². The lowest BCUT2D eigenvalue weighted by molar-refractivity contribution is 0.102. The topological polar surface area (TPSA) is 86.0 Å². The number of carbonyl (C=O) groups excluding carboxylic acids is 2. The zero-order chi connectivity index (χ0) is 18.0. The lowest BCUT2D eigenvalue weighted by Crippen LogP contribution is -2.24. The van der Waals surface area contributed by atoms with Gasteiger partial charge in [-0.1, -0.05) is 0 Å². The molecule has 3 amide bonds. The van der Waals surface area contributed by atoms with Gasteiger partial charge in [0.1, 0.15) is 0 Å². The number of fused-ring (bicyclic) bond motifs is 1. The second-order valence-corrected chi connectivity index (χ2v) is 5.87. The maximum atomic E-state index is 12.5. The van der Waals surface area contributed by atoms with E-state index in [-0.39, 0.29) is 11.9 Å². The predicted octanol–water partition coefficient (Wildman–Crippen LogP) is 3.79. The van der Waals surface area contributed by atoms with Crippen LogP contribution in [0.3, 0.4) is 0 Å². The van der Waals surface area contributed by atoms with Crippen LogP contribution in [0.2, 0.25) is 0 Å². The van der Waals surface area contributed by atoms with Gasteiger partial charge >= 0.3 is 6.03 Å². The minimum absolute atomic E-state index is 0.174. The highest BCUT2D eigenvalue weighted by molar-refractivity contribution is 6.06. The quantitative estimate of drug-likeness (QED) is 0.586. The Morgan fingerprint density at radius 1 is 0.920 bits per heavy atom. The SMILES string of the molecule is CNC(=O)Nc1ccc(NC(=O)c2ccc3[nH]c(C)c(C)c3c2)cc1. The summed E-state index contributed by atoms with van der Waals surface area (Å²) >= 11 is 0. The summed E-state index contributed by atoms with van der Waals surface area (Å²) in [6.45, 7) is 4.05. The van der Waals surface area contributed by atoms with Gasteiger partial charge in [-0.3, -0.25) is 4.79 Å². The van der Waals surface area contributed by atoms with Gasteiger partial charge in [0.2, 0.25) is 0 Å². The van der Waals surface area contributed by atoms with Crippen molar-refractivity contribution in [3.8, 4) is 0 Å². The van der Waals surface area contributed by atoms with Crippen molar-refractivity contribution in [1.82, 2.24) is 10.3 Å². The first kappa shape index (κ1) is 16.6. The van der Waals surface area contributed by atoms with Gasteiger partial charge in [-0.15, -0.1) is 0 Å². The van der Waals surface area contributed by atoms with Crippen LogP contribution in [-0.2, 0) is 0 Å². The minimum Gasteiger partial charge on any atom is -0.358 e. The van der Waals surface area contributed by atoms with Crippen molar-refractivity contribution in [2.24, 2.45) is 0 Å². The van der Waals surface area contributed by atoms with Gasteiger partial charge in [-0.2, -0.15) is 0 Å². The Morgan fingerprint density at radius 3 is 2.20 bits per heavy atom. The van der Waals surface area contributed by atoms with Crippen LogP contribution in [0.5, 0.6) is 0 Å². The van der Waals surface area contributed by atoms with Gasteiger partial charge in [0.25, 0.3) is 5.91 Å². The normalized spacial score (nSPS) is 10.5. The average Bonchev–Trinajstić information content (AvgIpc) is 2.90. The molecular weight excluding hydrogens is 316 g/mol. The zero-order valence-electron chi connectivity index (χ0n) is 14.4. The van der Waals surface area contributed by atoms with Crippen LogP contribution in [0.15, 0.2) is 42.5 Å². The number of amides is 3. The number of aromatic nitrogens is 1. The molecular formula is C19H20N4O2. The Hall–Kier alpha value is -3.28. The number of rotatable bonds is 3. The molecule has 0 bridgehead atoms. The molecule has 6 nitrogen and oxygen atoms in total. The van der Waals surface area contributed by atoms with Crippen LogP contribution in [0.1, 0.15) is 21.6 Å². The molecule has 1 heterocycles. The van der Waals surface area contributed by atoms with Crippen molar-refractivity contribution in [3.05, 3.63) is 59.3 Å². The molecule has 128 valence electrons. The van der Waals surface area contributed by atoms with Crippen molar-refractivity contribution in [3.63, 3.8) is 0 Å². The van der Waals surface area contributed by atoms with E-state index in [1.807, 2.05) is 26.0 Å². The molecule has 0 saturated carbocycles. The summed E-state index contributed by atoms with van der Waals surface area (Å²) in [5.74, 6) is -0.174. The van der Waals surface area contributed by atoms with Crippen LogP contribution >= 0.6 is 0 Å². The molecule has 0 fully saturated rings. The van der Waals surface area contributed by atoms with E-state index in [4.69, 9.17) is 0 Å². The van der Waals surface area contributed by atoms with E-state index in [0.29, 0.717) is 16.9 Å². The molecule has 2 aromatic carbocycles. The molecule has 25 heavy (non-hydrogen) atoms. The Morgan fingerprint density at radius 2 is 1.56 bits per heavy atom. The van der Waals surface area contributed by atoms with Crippen molar-refractivity contribution in [2.75, 3.05) is 17.7 Å². The first-order valence-electron chi connectivity index (χ1n) is 7.97. The number of urea groups is 1. The maximum Gasteiger partial charge on any atom is 0.318 e. The summed E-state index contributed by atoms with van der Waals surface area (Å²) in [5, 5.41) is 9.06. The Balaban J connectivity index is 1.75. The van der Waals surface area contributed by atoms with Gasteiger partial charge in [0.15, 0.2) is 0 Å². The molecule has 0 aliphatic carbocycles. The van der Waals surface area contributed by atoms with Crippen LogP contribution in [-0.4, -0.2) is 24.0 Å². The third kappa shape index (κ3) is 3.47. The van der Waals surface area contributed by atoms with Crippen LogP contribution < -0.4 is 16.0 Å². The highest BCUT2D eigenvalue weighted by Gasteiger charge is 2.10. The lowest BCUT2D eigenvalue weighted by atomic mass is 10.1. The van der Waals surface area contributed by atoms with Crippen LogP contribution in [0, 0.1) is 13.8 Å². The molecule has 3 rings (SSSR count). The summed E-state index contributed by atoms with van der Waals surface area (Å²) in [4.78, 5) is 27.1. The minimum atomic E-state index is -0.290. The van der Waals surface area contributed by atoms with Crippen LogP contribution in [0.25, 0.3) is 10.9 Å². The Bertz CT molecular complexity index is 942. The first-order valence-corrected chi connectivity index (χ1v) is 7.97. The summed E-state index contributed by atoms with van der Waals surface area (Å²) in [7, 11) is 1.55. The summed E-state index contributed by atoms with van der Waals surface area (Å²) < 4.78 is 0. The summed E-state index contributed by atoms with van der Waals surface area (Å²) in [5.41, 5.74) is 5.19. The molecule has 0 aliphatic heterocycles. The molecule has 0 spiro atoms. The number of anilines is 2. The second-order valence-electron chi connectivity index (χ2n) is 5.87. The van der Waals surface area contributed by atoms with E-state index in [9.17, 15) is 9.59 Å². The smallest absolute Gasteiger partial charge is 0.318 e. The van der Waals surface area contributed by atoms with E-state index in [1.54, 1.807) is 37.4 Å². The number of benzene rings is 2. The van der Waals surface area contributed by atoms with Gasteiger partial charge < -0.3 is 20.9 Å². The Kier molecular flexibility index (Phi) is 4.43. The van der Waals surface area contributed by atoms with Crippen molar-refractivity contribution >= 4 is 34.2 Å². The molecule has 0 saturated heterocycles. The molecule has 6 heteroatoms. The molecule has 0 atom stereocenters. The second kappa shape index (κ2) is 6.68. The van der Waals surface area contributed by atoms with E-state index in [0.717, 1.165) is 22.2 Å². The van der Waals surface area contributed by atoms with Crippen molar-refractivity contribution < 1.29 is 9.59 Å². The largest absolute Gasteiger partial charge is 0.358 e. The Labute approximate surface area is 145 Å². The van der Waals surface area contributed by atoms with Gasteiger partial charge in [-0.05, 0) is 61.9 Å². The molecule has 0 unspecified atom stereocenters. The highest BCUT2D eigenvalue weighted by Crippen LogP contribution is 2.23. The molecule has 4 N–H and O–H groups in total. The van der Waals surface area contributed by atoms with E-state index >= 15 is 0 Å². The molecule has 3 aromatic rings. The first-order chi connectivity index (χ1) is 12.0. The fourth-order valence-corrected chi connectivity index (χ4v) is 2.64. The predicted molar refractivity (Wildman–Crippen MR) is 100 cm³/mol. The van der Waals surface area contributed by atoms with Gasteiger partial charge in [0, 0.05) is 40.6 Å². The zero-order valence-corrected chi connectivity index (χ0v) is 14.4. The lowest BCUT2D eigenvalue weighted by Gasteiger charge is -2.08. The maximum absolute atomic E-state index is 12.5. The van der Waals surface area contributed by atoms with E-state index < -0.39 is 0 Å². The number of aromatic amines is 1. The van der Waals surface area contributed by atoms with Gasteiger partial charge in [0.05, 0.1) is 0 Å². The monoisotopic (exact) mass is 336 g/mol.